The zero-order valence-corrected chi connectivity index (χ0v) is 38.8. The second-order valence-corrected chi connectivity index (χ2v) is 19.2. The molecule has 0 aliphatic carbocycles. The van der Waals surface area contributed by atoms with Crippen molar-refractivity contribution in [2.45, 2.75) is 135 Å². The summed E-state index contributed by atoms with van der Waals surface area (Å²) in [6.07, 6.45) is 13.1. The van der Waals surface area contributed by atoms with Crippen molar-refractivity contribution < 1.29 is 28.4 Å². The molecule has 2 aliphatic heterocycles. The predicted octanol–water partition coefficient (Wildman–Crippen LogP) is 4.57. The fourth-order valence-electron chi connectivity index (χ4n) is 8.00. The molecule has 67 heavy (non-hydrogen) atoms. The van der Waals surface area contributed by atoms with Gasteiger partial charge in [-0.15, -0.1) is 0 Å². The molecule has 2 aromatic carbocycles. The van der Waals surface area contributed by atoms with E-state index in [9.17, 15) is 33.6 Å². The van der Waals surface area contributed by atoms with Gasteiger partial charge in [0.15, 0.2) is 12.2 Å². The Morgan fingerprint density at radius 1 is 0.746 bits per heavy atom. The minimum Gasteiger partial charge on any atom is -0.447 e. The first kappa shape index (κ1) is 51.7. The number of hydrogen-bond acceptors (Lipinski definition) is 10. The van der Waals surface area contributed by atoms with Crippen LogP contribution in [-0.2, 0) is 26.3 Å². The minimum absolute atomic E-state index is 0. The summed E-state index contributed by atoms with van der Waals surface area (Å²) in [5.41, 5.74) is 1.32. The Kier molecular flexibility index (Phi) is 19.4. The average Bonchev–Trinajstić information content (AvgIpc) is 4.02. The molecule has 2 aliphatic rings. The SMILES string of the molecule is C.CC(C)(C)c1ocnc1/C=c1\[nH]c(=O)/c(=C/c2cccc(C(=O)c3ccc(CNC(=O)CCCCCNC(=O)CCCCCNC(=O)CCCC[C@@H]4SC[C@H]5NC(=O)N[C@@H]45)cc3)c2)[nH]c1=O. The van der Waals surface area contributed by atoms with Gasteiger partial charge in [0.1, 0.15) is 22.2 Å². The van der Waals surface area contributed by atoms with Gasteiger partial charge in [0.25, 0.3) is 11.1 Å². The molecular weight excluding hydrogens is 873 g/mol. The Hall–Kier alpha value is -6.23. The molecule has 2 saturated heterocycles. The topological polar surface area (TPSA) is 237 Å². The lowest BCUT2D eigenvalue weighted by Gasteiger charge is -2.16. The van der Waals surface area contributed by atoms with Crippen LogP contribution < -0.4 is 48.4 Å². The smallest absolute Gasteiger partial charge is 0.315 e. The summed E-state index contributed by atoms with van der Waals surface area (Å²) in [5.74, 6) is 1.31. The first-order chi connectivity index (χ1) is 31.7. The molecular formula is C50H66N8O8S. The van der Waals surface area contributed by atoms with Crippen molar-refractivity contribution in [2.75, 3.05) is 18.8 Å². The number of unbranched alkanes of at least 4 members (excludes halogenated alkanes) is 5. The third-order valence-electron chi connectivity index (χ3n) is 11.6. The first-order valence-corrected chi connectivity index (χ1v) is 24.0. The van der Waals surface area contributed by atoms with E-state index < -0.39 is 11.1 Å². The van der Waals surface area contributed by atoms with Crippen LogP contribution >= 0.6 is 11.8 Å². The number of H-pyrrole nitrogens is 2. The van der Waals surface area contributed by atoms with Crippen LogP contribution in [0.4, 0.5) is 4.79 Å². The maximum absolute atomic E-state index is 13.4. The number of hydrogen-bond donors (Lipinski definition) is 7. The van der Waals surface area contributed by atoms with Crippen LogP contribution in [0.2, 0.25) is 0 Å². The zero-order valence-electron chi connectivity index (χ0n) is 38.0. The van der Waals surface area contributed by atoms with E-state index >= 15 is 0 Å². The summed E-state index contributed by atoms with van der Waals surface area (Å²) >= 11 is 1.89. The van der Waals surface area contributed by atoms with Gasteiger partial charge in [-0.05, 0) is 67.9 Å². The van der Waals surface area contributed by atoms with Gasteiger partial charge < -0.3 is 41.0 Å². The molecule has 0 radical (unpaired) electrons. The van der Waals surface area contributed by atoms with Gasteiger partial charge in [-0.2, -0.15) is 11.8 Å². The van der Waals surface area contributed by atoms with Crippen molar-refractivity contribution in [3.63, 3.8) is 0 Å². The molecule has 0 bridgehead atoms. The van der Waals surface area contributed by atoms with Gasteiger partial charge in [0, 0.05) is 66.4 Å². The third-order valence-corrected chi connectivity index (χ3v) is 13.1. The Morgan fingerprint density at radius 2 is 1.36 bits per heavy atom. The minimum atomic E-state index is -0.515. The van der Waals surface area contributed by atoms with E-state index in [1.807, 2.05) is 32.5 Å². The van der Waals surface area contributed by atoms with Gasteiger partial charge in [-0.3, -0.25) is 28.8 Å². The molecule has 4 heterocycles. The molecule has 7 N–H and O–H groups in total. The quantitative estimate of drug-likeness (QED) is 0.0311. The predicted molar refractivity (Wildman–Crippen MR) is 261 cm³/mol. The van der Waals surface area contributed by atoms with Crippen LogP contribution in [-0.4, -0.2) is 80.7 Å². The number of nitrogens with one attached hydrogen (secondary N) is 7. The second-order valence-electron chi connectivity index (χ2n) is 18.0. The lowest BCUT2D eigenvalue weighted by atomic mass is 9.92. The van der Waals surface area contributed by atoms with Gasteiger partial charge in [-0.1, -0.05) is 89.9 Å². The van der Waals surface area contributed by atoms with Crippen molar-refractivity contribution >= 4 is 53.4 Å². The van der Waals surface area contributed by atoms with E-state index in [1.54, 1.807) is 48.5 Å². The highest BCUT2D eigenvalue weighted by atomic mass is 32.2. The largest absolute Gasteiger partial charge is 0.447 e. The Labute approximate surface area is 395 Å². The normalized spacial score (nSPS) is 17.0. The molecule has 5 amide bonds. The summed E-state index contributed by atoms with van der Waals surface area (Å²) in [6, 6.07) is 14.1. The maximum atomic E-state index is 13.4. The van der Waals surface area contributed by atoms with E-state index in [1.165, 1.54) is 18.5 Å². The number of nitrogens with zero attached hydrogens (tertiary/aromatic N) is 1. The fraction of sp³-hybridized carbons (Fsp3) is 0.480. The Morgan fingerprint density at radius 3 is 2.00 bits per heavy atom. The number of ketones is 1. The van der Waals surface area contributed by atoms with Crippen LogP contribution in [0, 0.1) is 0 Å². The molecule has 4 aromatic rings. The molecule has 0 saturated carbocycles. The van der Waals surface area contributed by atoms with Gasteiger partial charge in [-0.25, -0.2) is 9.78 Å². The maximum Gasteiger partial charge on any atom is 0.315 e. The number of thioether (sulfide) groups is 1. The van der Waals surface area contributed by atoms with Crippen molar-refractivity contribution in [3.05, 3.63) is 120 Å². The van der Waals surface area contributed by atoms with Crippen LogP contribution in [0.25, 0.3) is 12.2 Å². The van der Waals surface area contributed by atoms with E-state index in [4.69, 9.17) is 4.42 Å². The average molecular weight is 939 g/mol. The summed E-state index contributed by atoms with van der Waals surface area (Å²) < 4.78 is 5.51. The molecule has 2 aromatic heterocycles. The van der Waals surface area contributed by atoms with Crippen LogP contribution in [0.5, 0.6) is 0 Å². The molecule has 16 nitrogen and oxygen atoms in total. The highest BCUT2D eigenvalue weighted by Crippen LogP contribution is 2.33. The number of urea groups is 1. The van der Waals surface area contributed by atoms with Crippen molar-refractivity contribution in [2.24, 2.45) is 0 Å². The van der Waals surface area contributed by atoms with Crippen LogP contribution in [0.15, 0.2) is 68.9 Å². The molecule has 17 heteroatoms. The molecule has 6 rings (SSSR count). The van der Waals surface area contributed by atoms with E-state index in [-0.39, 0.29) is 65.2 Å². The van der Waals surface area contributed by atoms with Crippen LogP contribution in [0.3, 0.4) is 0 Å². The van der Waals surface area contributed by atoms with Gasteiger partial charge in [0.2, 0.25) is 17.7 Å². The van der Waals surface area contributed by atoms with E-state index in [0.29, 0.717) is 78.7 Å². The number of benzene rings is 2. The summed E-state index contributed by atoms with van der Waals surface area (Å²) in [5, 5.41) is 15.3. The second kappa shape index (κ2) is 25.1. The number of oxazole rings is 1. The molecule has 0 spiro atoms. The standard InChI is InChI=1S/C49H62N8O8S.CH4/c1-49(2,3)45-35(53-30-65-45)27-37-47(63)54-36(46(62)55-37)26-32-13-12-14-34(25-32)44(61)33-21-19-31(20-22-33)28-52-42(60)17-7-5-11-23-50-40(58)16-6-4-10-24-51-41(59)18-9-8-15-39-43-38(29-66-39)56-48(64)57-43;/h12-14,19-22,25-27,30,38-39,43H,4-11,15-18,23-24,28-29H2,1-3H3,(H,50,58)(H,51,59)(H,52,60)(H,54,63)(H,55,62)(H2,56,57,64);1H4/b36-26-,37-27-;/t38-,39+,43-;/m1./s1. The molecule has 0 unspecified atom stereocenters. The summed E-state index contributed by atoms with van der Waals surface area (Å²) in [7, 11) is 0. The zero-order chi connectivity index (χ0) is 47.1. The van der Waals surface area contributed by atoms with E-state index in [2.05, 4.69) is 41.5 Å². The van der Waals surface area contributed by atoms with Crippen LogP contribution in [0.1, 0.15) is 144 Å². The number of carbonyl (C=O) groups excluding carboxylic acids is 5. The number of fused-ring (bicyclic) bond motifs is 1. The van der Waals surface area contributed by atoms with Crippen molar-refractivity contribution in [3.8, 4) is 0 Å². The fourth-order valence-corrected chi connectivity index (χ4v) is 9.54. The number of amides is 5. The highest BCUT2D eigenvalue weighted by Gasteiger charge is 2.42. The van der Waals surface area contributed by atoms with Gasteiger partial charge >= 0.3 is 6.03 Å². The first-order valence-electron chi connectivity index (χ1n) is 23.0. The molecule has 3 atom stereocenters. The lowest BCUT2D eigenvalue weighted by molar-refractivity contribution is -0.122. The number of aromatic amines is 2. The highest BCUT2D eigenvalue weighted by molar-refractivity contribution is 8.00. The lowest BCUT2D eigenvalue weighted by Crippen LogP contribution is -2.46. The molecule has 360 valence electrons. The monoisotopic (exact) mass is 938 g/mol. The summed E-state index contributed by atoms with van der Waals surface area (Å²) in [4.78, 5) is 97.2. The van der Waals surface area contributed by atoms with Crippen molar-refractivity contribution in [1.29, 1.82) is 0 Å². The number of aromatic nitrogens is 3. The van der Waals surface area contributed by atoms with Crippen molar-refractivity contribution in [1.82, 2.24) is 41.5 Å². The van der Waals surface area contributed by atoms with E-state index in [0.717, 1.165) is 62.7 Å². The third kappa shape index (κ3) is 15.7. The Balaban J connectivity index is 0.00000840. The van der Waals surface area contributed by atoms with Gasteiger partial charge in [0.05, 0.1) is 12.1 Å². The number of rotatable bonds is 23. The Bertz CT molecular complexity index is 2580. The molecule has 2 fully saturated rings. The summed E-state index contributed by atoms with van der Waals surface area (Å²) in [6.45, 7) is 7.36. The number of carbonyl (C=O) groups is 5.